The summed E-state index contributed by atoms with van der Waals surface area (Å²) in [5.74, 6) is -3.79. The number of imide groups is 2. The van der Waals surface area contributed by atoms with Gasteiger partial charge in [-0.1, -0.05) is 12.1 Å². The van der Waals surface area contributed by atoms with Gasteiger partial charge in [0.15, 0.2) is 6.73 Å². The van der Waals surface area contributed by atoms with Gasteiger partial charge in [0.25, 0.3) is 17.7 Å². The molecule has 0 radical (unpaired) electrons. The molecule has 0 aliphatic carbocycles. The van der Waals surface area contributed by atoms with Gasteiger partial charge in [-0.25, -0.2) is 4.90 Å². The number of morpholine rings is 1. The number of likely N-dealkylation sites (tertiary alicyclic amines) is 1. The predicted molar refractivity (Wildman–Crippen MR) is 113 cm³/mol. The van der Waals surface area contributed by atoms with E-state index >= 15 is 0 Å². The molecule has 1 aromatic carbocycles. The van der Waals surface area contributed by atoms with Gasteiger partial charge in [0.1, 0.15) is 12.6 Å². The number of hydrogen-bond donors (Lipinski definition) is 1. The summed E-state index contributed by atoms with van der Waals surface area (Å²) in [5, 5.41) is 2.43. The Morgan fingerprint density at radius 2 is 1.68 bits per heavy atom. The van der Waals surface area contributed by atoms with Crippen LogP contribution in [0.15, 0.2) is 24.3 Å². The Hall–Kier alpha value is -3.64. The van der Waals surface area contributed by atoms with E-state index in [4.69, 9.17) is 9.47 Å². The van der Waals surface area contributed by atoms with Crippen molar-refractivity contribution >= 4 is 35.5 Å². The molecule has 0 aromatic heterocycles. The zero-order chi connectivity index (χ0) is 24.2. The van der Waals surface area contributed by atoms with Crippen molar-refractivity contribution in [1.82, 2.24) is 20.0 Å². The minimum Gasteiger partial charge on any atom is -0.442 e. The number of carbonyl (C=O) groups is 6. The highest BCUT2D eigenvalue weighted by molar-refractivity contribution is 6.23. The van der Waals surface area contributed by atoms with E-state index in [0.29, 0.717) is 31.2 Å². The number of piperidine rings is 1. The topological polar surface area (TPSA) is 143 Å². The highest BCUT2D eigenvalue weighted by Crippen LogP contribution is 2.28. The molecule has 3 aliphatic rings. The van der Waals surface area contributed by atoms with Crippen molar-refractivity contribution in [3.8, 4) is 0 Å². The van der Waals surface area contributed by atoms with Crippen LogP contribution >= 0.6 is 0 Å². The van der Waals surface area contributed by atoms with E-state index in [1.807, 2.05) is 4.90 Å². The van der Waals surface area contributed by atoms with Gasteiger partial charge in [0.05, 0.1) is 30.9 Å². The van der Waals surface area contributed by atoms with Crippen molar-refractivity contribution in [1.29, 1.82) is 0 Å². The van der Waals surface area contributed by atoms with Gasteiger partial charge in [0, 0.05) is 19.5 Å². The first-order chi connectivity index (χ1) is 16.4. The summed E-state index contributed by atoms with van der Waals surface area (Å²) < 4.78 is 10.2. The van der Waals surface area contributed by atoms with Crippen LogP contribution < -0.4 is 5.32 Å². The largest absolute Gasteiger partial charge is 0.442 e. The minimum atomic E-state index is -1.17. The lowest BCUT2D eigenvalue weighted by Crippen LogP contribution is -2.56. The highest BCUT2D eigenvalue weighted by Gasteiger charge is 2.47. The Morgan fingerprint density at radius 1 is 1.03 bits per heavy atom. The van der Waals surface area contributed by atoms with E-state index in [2.05, 4.69) is 5.32 Å². The van der Waals surface area contributed by atoms with Crippen molar-refractivity contribution in [2.45, 2.75) is 18.9 Å². The molecule has 5 amide bonds. The van der Waals surface area contributed by atoms with Crippen LogP contribution in [0.4, 0.5) is 0 Å². The molecule has 3 heterocycles. The number of carbonyl (C=O) groups excluding carboxylic acids is 6. The predicted octanol–water partition coefficient (Wildman–Crippen LogP) is -1.25. The lowest BCUT2D eigenvalue weighted by atomic mass is 10.0. The molecule has 12 heteroatoms. The molecule has 2 saturated heterocycles. The molecule has 0 saturated carbocycles. The fourth-order valence-electron chi connectivity index (χ4n) is 4.06. The third kappa shape index (κ3) is 4.82. The quantitative estimate of drug-likeness (QED) is 0.380. The van der Waals surface area contributed by atoms with E-state index < -0.39 is 48.9 Å². The van der Waals surface area contributed by atoms with Crippen molar-refractivity contribution in [2.75, 3.05) is 46.1 Å². The Morgan fingerprint density at radius 3 is 2.32 bits per heavy atom. The maximum absolute atomic E-state index is 12.9. The Bertz CT molecular complexity index is 1000. The Labute approximate surface area is 194 Å². The van der Waals surface area contributed by atoms with Gasteiger partial charge in [-0.05, 0) is 18.6 Å². The first-order valence-electron chi connectivity index (χ1n) is 10.9. The number of nitrogens with zero attached hydrogens (tertiary/aromatic N) is 3. The second-order valence-electron chi connectivity index (χ2n) is 8.05. The van der Waals surface area contributed by atoms with E-state index in [1.165, 1.54) is 12.1 Å². The molecule has 0 spiro atoms. The molecule has 4 rings (SSSR count). The van der Waals surface area contributed by atoms with Crippen LogP contribution in [0.3, 0.4) is 0 Å². The molecular weight excluding hydrogens is 448 g/mol. The molecule has 1 unspecified atom stereocenters. The number of fused-ring (bicyclic) bond motifs is 1. The smallest absolute Gasteiger partial charge is 0.327 e. The maximum atomic E-state index is 12.9. The average molecular weight is 472 g/mol. The summed E-state index contributed by atoms with van der Waals surface area (Å²) in [6.45, 7) is 1.32. The van der Waals surface area contributed by atoms with Gasteiger partial charge >= 0.3 is 5.97 Å². The third-order valence-corrected chi connectivity index (χ3v) is 5.88. The zero-order valence-corrected chi connectivity index (χ0v) is 18.4. The molecule has 1 aromatic rings. The number of benzene rings is 1. The van der Waals surface area contributed by atoms with E-state index in [-0.39, 0.29) is 36.4 Å². The molecule has 3 aliphatic heterocycles. The Kier molecular flexibility index (Phi) is 6.98. The molecular formula is C22H24N4O8. The van der Waals surface area contributed by atoms with Gasteiger partial charge in [-0.2, -0.15) is 0 Å². The second-order valence-corrected chi connectivity index (χ2v) is 8.05. The molecule has 1 atom stereocenters. The van der Waals surface area contributed by atoms with Crippen LogP contribution in [0.5, 0.6) is 0 Å². The van der Waals surface area contributed by atoms with E-state index in [1.54, 1.807) is 12.1 Å². The Balaban J connectivity index is 1.30. The maximum Gasteiger partial charge on any atom is 0.327 e. The molecule has 34 heavy (non-hydrogen) atoms. The average Bonchev–Trinajstić information content (AvgIpc) is 3.08. The number of hydrogen-bond acceptors (Lipinski definition) is 9. The van der Waals surface area contributed by atoms with Crippen molar-refractivity contribution in [2.24, 2.45) is 0 Å². The van der Waals surface area contributed by atoms with Crippen molar-refractivity contribution in [3.63, 3.8) is 0 Å². The van der Waals surface area contributed by atoms with Gasteiger partial charge in [0.2, 0.25) is 11.8 Å². The number of esters is 1. The van der Waals surface area contributed by atoms with Crippen molar-refractivity contribution in [3.05, 3.63) is 35.4 Å². The molecule has 2 fully saturated rings. The van der Waals surface area contributed by atoms with Crippen LogP contribution in [0.1, 0.15) is 33.6 Å². The number of ether oxygens (including phenoxy) is 2. The number of amides is 5. The normalized spacial score (nSPS) is 21.0. The first-order valence-corrected chi connectivity index (χ1v) is 10.9. The first kappa shape index (κ1) is 23.5. The molecule has 1 N–H and O–H groups in total. The lowest BCUT2D eigenvalue weighted by Gasteiger charge is -2.34. The summed E-state index contributed by atoms with van der Waals surface area (Å²) in [6, 6.07) is 5.06. The van der Waals surface area contributed by atoms with Crippen LogP contribution in [0, 0.1) is 0 Å². The summed E-state index contributed by atoms with van der Waals surface area (Å²) >= 11 is 0. The monoisotopic (exact) mass is 472 g/mol. The molecule has 180 valence electrons. The summed E-state index contributed by atoms with van der Waals surface area (Å²) in [6.07, 6.45) is -0.108. The fourth-order valence-corrected chi connectivity index (χ4v) is 4.06. The minimum absolute atomic E-state index is 0.00875. The fraction of sp³-hybridized carbons (Fsp3) is 0.455. The van der Waals surface area contributed by atoms with Gasteiger partial charge in [-0.3, -0.25) is 38.6 Å². The second kappa shape index (κ2) is 10.1. The highest BCUT2D eigenvalue weighted by atomic mass is 16.5. The van der Waals surface area contributed by atoms with Crippen LogP contribution in [0.25, 0.3) is 0 Å². The van der Waals surface area contributed by atoms with E-state index in [9.17, 15) is 28.8 Å². The number of nitrogens with one attached hydrogen (secondary N) is 1. The van der Waals surface area contributed by atoms with Crippen molar-refractivity contribution < 1.29 is 38.2 Å². The molecule has 0 bridgehead atoms. The zero-order valence-electron chi connectivity index (χ0n) is 18.4. The van der Waals surface area contributed by atoms with Crippen LogP contribution in [-0.2, 0) is 28.7 Å². The lowest BCUT2D eigenvalue weighted by molar-refractivity contribution is -0.163. The summed E-state index contributed by atoms with van der Waals surface area (Å²) in [5.41, 5.74) is 0.394. The van der Waals surface area contributed by atoms with E-state index in [0.717, 1.165) is 4.90 Å². The summed E-state index contributed by atoms with van der Waals surface area (Å²) in [4.78, 5) is 78.1. The summed E-state index contributed by atoms with van der Waals surface area (Å²) in [7, 11) is 0. The van der Waals surface area contributed by atoms with Crippen LogP contribution in [0.2, 0.25) is 0 Å². The number of rotatable bonds is 7. The molecule has 12 nitrogen and oxygen atoms in total. The third-order valence-electron chi connectivity index (χ3n) is 5.88. The SMILES string of the molecule is O=C(CN1CCOCC1)NCC(=O)OCN1C(=O)CCC(N2C(=O)c3ccccc3C2=O)C1=O. The van der Waals surface area contributed by atoms with Crippen LogP contribution in [-0.4, -0.2) is 102 Å². The standard InChI is InChI=1S/C22H24N4O8/c27-17(12-24-7-9-33-10-8-24)23-11-19(29)34-13-25-18(28)6-5-16(22(25)32)26-20(30)14-3-1-2-4-15(14)21(26)31/h1-4,16H,5-13H2,(H,23,27). The van der Waals surface area contributed by atoms with Gasteiger partial charge < -0.3 is 14.8 Å². The van der Waals surface area contributed by atoms with Gasteiger partial charge in [-0.15, -0.1) is 0 Å².